The summed E-state index contributed by atoms with van der Waals surface area (Å²) in [6.07, 6.45) is 7.93. The molecule has 2 N–H and O–H groups in total. The van der Waals surface area contributed by atoms with Gasteiger partial charge in [-0.3, -0.25) is 14.4 Å². The lowest BCUT2D eigenvalue weighted by molar-refractivity contribution is -0.151. The first-order valence-corrected chi connectivity index (χ1v) is 11.8. The van der Waals surface area contributed by atoms with Crippen molar-refractivity contribution in [1.29, 1.82) is 0 Å². The maximum absolute atomic E-state index is 12.2. The van der Waals surface area contributed by atoms with Crippen LogP contribution in [0.3, 0.4) is 0 Å². The van der Waals surface area contributed by atoms with Crippen molar-refractivity contribution in [2.24, 2.45) is 34.5 Å². The number of aliphatic hydroxyl groups is 2. The third-order valence-corrected chi connectivity index (χ3v) is 8.56. The highest BCUT2D eigenvalue weighted by Crippen LogP contribution is 2.62. The minimum atomic E-state index is -0.798. The largest absolute Gasteiger partial charge is 0.460 e. The van der Waals surface area contributed by atoms with E-state index in [1.54, 1.807) is 6.08 Å². The van der Waals surface area contributed by atoms with Gasteiger partial charge in [0, 0.05) is 6.42 Å². The Morgan fingerprint density at radius 1 is 1.31 bits per heavy atom. The fourth-order valence-electron chi connectivity index (χ4n) is 7.08. The van der Waals surface area contributed by atoms with Crippen LogP contribution in [0.15, 0.2) is 12.2 Å². The zero-order valence-corrected chi connectivity index (χ0v) is 19.5. The standard InChI is InChI=1S/C25H38O7/c1-24(2)12-20(29)23-18(8-7-16-11-17(28)9-10-25(16,23)3)19(24)5-4-6-22(32-15-27)21(30)13-31-14-26/h9-10,14,16,18-20,22-23,27,29H,4-8,11-13,15H2,1-3H3. The van der Waals surface area contributed by atoms with Gasteiger partial charge < -0.3 is 19.7 Å². The molecule has 0 aromatic rings. The SMILES string of the molecule is CC1(C)CC(O)C2C(CCC3CC(=O)C=CC32C)C1CCCC(OCO)C(=O)COC=O. The molecule has 3 aliphatic carbocycles. The normalized spacial score (nSPS) is 36.7. The molecular formula is C25H38O7. The molecule has 2 fully saturated rings. The Morgan fingerprint density at radius 3 is 2.75 bits per heavy atom. The highest BCUT2D eigenvalue weighted by molar-refractivity contribution is 5.91. The molecule has 0 aromatic carbocycles. The monoisotopic (exact) mass is 450 g/mol. The molecule has 0 spiro atoms. The molecule has 180 valence electrons. The van der Waals surface area contributed by atoms with Crippen LogP contribution in [0.2, 0.25) is 0 Å². The average molecular weight is 451 g/mol. The Kier molecular flexibility index (Phi) is 7.94. The van der Waals surface area contributed by atoms with Crippen molar-refractivity contribution in [2.45, 2.75) is 77.9 Å². The molecule has 32 heavy (non-hydrogen) atoms. The zero-order chi connectivity index (χ0) is 23.5. The highest BCUT2D eigenvalue weighted by atomic mass is 16.6. The number of hydrogen-bond acceptors (Lipinski definition) is 7. The number of ether oxygens (including phenoxy) is 2. The second-order valence-electron chi connectivity index (χ2n) is 10.8. The smallest absolute Gasteiger partial charge is 0.293 e. The zero-order valence-electron chi connectivity index (χ0n) is 19.5. The first kappa shape index (κ1) is 25.1. The van der Waals surface area contributed by atoms with Crippen molar-refractivity contribution in [3.05, 3.63) is 12.2 Å². The lowest BCUT2D eigenvalue weighted by Gasteiger charge is -2.60. The summed E-state index contributed by atoms with van der Waals surface area (Å²) in [6, 6.07) is 0. The Bertz CT molecular complexity index is 730. The third kappa shape index (κ3) is 5.00. The molecular weight excluding hydrogens is 412 g/mol. The number of Topliss-reactive ketones (excluding diaryl/α,β-unsaturated/α-hetero) is 1. The van der Waals surface area contributed by atoms with Gasteiger partial charge in [-0.05, 0) is 72.7 Å². The predicted molar refractivity (Wildman–Crippen MR) is 117 cm³/mol. The summed E-state index contributed by atoms with van der Waals surface area (Å²) in [5, 5.41) is 20.4. The van der Waals surface area contributed by atoms with Crippen molar-refractivity contribution in [1.82, 2.24) is 0 Å². The molecule has 0 radical (unpaired) electrons. The highest BCUT2D eigenvalue weighted by Gasteiger charge is 2.58. The van der Waals surface area contributed by atoms with E-state index in [4.69, 9.17) is 9.84 Å². The van der Waals surface area contributed by atoms with Crippen LogP contribution in [0.5, 0.6) is 0 Å². The van der Waals surface area contributed by atoms with Crippen LogP contribution >= 0.6 is 0 Å². The second kappa shape index (κ2) is 10.1. The van der Waals surface area contributed by atoms with Crippen LogP contribution < -0.4 is 0 Å². The number of allylic oxidation sites excluding steroid dienone is 2. The number of rotatable bonds is 10. The van der Waals surface area contributed by atoms with E-state index in [2.05, 4.69) is 31.6 Å². The number of hydrogen-bond donors (Lipinski definition) is 2. The lowest BCUT2D eigenvalue weighted by atomic mass is 9.45. The summed E-state index contributed by atoms with van der Waals surface area (Å²) in [5.41, 5.74) is -0.217. The van der Waals surface area contributed by atoms with Gasteiger partial charge in [-0.2, -0.15) is 0 Å². The van der Waals surface area contributed by atoms with Gasteiger partial charge in [-0.1, -0.05) is 33.3 Å². The van der Waals surface area contributed by atoms with Gasteiger partial charge in [0.05, 0.1) is 6.10 Å². The van der Waals surface area contributed by atoms with Crippen molar-refractivity contribution >= 4 is 18.0 Å². The summed E-state index contributed by atoms with van der Waals surface area (Å²) in [4.78, 5) is 34.6. The van der Waals surface area contributed by atoms with E-state index in [1.807, 2.05) is 0 Å². The van der Waals surface area contributed by atoms with Crippen molar-refractivity contribution in [3.8, 4) is 0 Å². The summed E-state index contributed by atoms with van der Waals surface area (Å²) < 4.78 is 9.75. The number of carbonyl (C=O) groups excluding carboxylic acids is 3. The van der Waals surface area contributed by atoms with Crippen LogP contribution in [-0.2, 0) is 23.9 Å². The maximum Gasteiger partial charge on any atom is 0.293 e. The molecule has 0 heterocycles. The van der Waals surface area contributed by atoms with Crippen molar-refractivity contribution in [2.75, 3.05) is 13.4 Å². The molecule has 7 heteroatoms. The molecule has 3 aliphatic rings. The third-order valence-electron chi connectivity index (χ3n) is 8.56. The molecule has 2 saturated carbocycles. The summed E-state index contributed by atoms with van der Waals surface area (Å²) in [7, 11) is 0. The number of carbonyl (C=O) groups is 3. The molecule has 0 aromatic heterocycles. The summed E-state index contributed by atoms with van der Waals surface area (Å²) >= 11 is 0. The van der Waals surface area contributed by atoms with Crippen LogP contribution in [0.25, 0.3) is 0 Å². The molecule has 3 rings (SSSR count). The van der Waals surface area contributed by atoms with Gasteiger partial charge in [0.25, 0.3) is 6.47 Å². The fraction of sp³-hybridized carbons (Fsp3) is 0.800. The van der Waals surface area contributed by atoms with E-state index in [0.717, 1.165) is 25.7 Å². The van der Waals surface area contributed by atoms with Gasteiger partial charge >= 0.3 is 0 Å². The Hall–Kier alpha value is -1.57. The van der Waals surface area contributed by atoms with E-state index in [1.165, 1.54) is 0 Å². The van der Waals surface area contributed by atoms with Crippen molar-refractivity contribution in [3.63, 3.8) is 0 Å². The quantitative estimate of drug-likeness (QED) is 0.389. The molecule has 0 bridgehead atoms. The topological polar surface area (TPSA) is 110 Å². The van der Waals surface area contributed by atoms with E-state index in [-0.39, 0.29) is 47.3 Å². The molecule has 0 aliphatic heterocycles. The second-order valence-corrected chi connectivity index (χ2v) is 10.8. The summed E-state index contributed by atoms with van der Waals surface area (Å²) in [5.74, 6) is 0.958. The fourth-order valence-corrected chi connectivity index (χ4v) is 7.08. The average Bonchev–Trinajstić information content (AvgIpc) is 2.72. The lowest BCUT2D eigenvalue weighted by Crippen LogP contribution is -2.57. The molecule has 0 saturated heterocycles. The first-order valence-electron chi connectivity index (χ1n) is 11.8. The van der Waals surface area contributed by atoms with E-state index >= 15 is 0 Å². The molecule has 7 unspecified atom stereocenters. The van der Waals surface area contributed by atoms with Gasteiger partial charge in [0.2, 0.25) is 0 Å². The predicted octanol–water partition coefficient (Wildman–Crippen LogP) is 2.82. The summed E-state index contributed by atoms with van der Waals surface area (Å²) in [6.45, 7) is 5.97. The molecule has 0 amide bonds. The number of fused-ring (bicyclic) bond motifs is 3. The van der Waals surface area contributed by atoms with Gasteiger partial charge in [0.15, 0.2) is 18.2 Å². The van der Waals surface area contributed by atoms with E-state index in [9.17, 15) is 19.5 Å². The van der Waals surface area contributed by atoms with E-state index < -0.39 is 19.0 Å². The Labute approximate surface area is 190 Å². The molecule has 7 atom stereocenters. The van der Waals surface area contributed by atoms with Gasteiger partial charge in [0.1, 0.15) is 12.9 Å². The van der Waals surface area contributed by atoms with Crippen LogP contribution in [0.1, 0.15) is 65.7 Å². The van der Waals surface area contributed by atoms with Crippen LogP contribution in [-0.4, -0.2) is 53.9 Å². The minimum Gasteiger partial charge on any atom is -0.460 e. The maximum atomic E-state index is 12.2. The molecule has 7 nitrogen and oxygen atoms in total. The Morgan fingerprint density at radius 2 is 2.06 bits per heavy atom. The minimum absolute atomic E-state index is 0.0457. The van der Waals surface area contributed by atoms with Gasteiger partial charge in [-0.25, -0.2) is 0 Å². The van der Waals surface area contributed by atoms with E-state index in [0.29, 0.717) is 31.1 Å². The Balaban J connectivity index is 1.73. The van der Waals surface area contributed by atoms with Gasteiger partial charge in [-0.15, -0.1) is 0 Å². The van der Waals surface area contributed by atoms with Crippen LogP contribution in [0.4, 0.5) is 0 Å². The number of aliphatic hydroxyl groups excluding tert-OH is 2. The number of ketones is 2. The first-order chi connectivity index (χ1) is 15.1. The van der Waals surface area contributed by atoms with Crippen LogP contribution in [0, 0.1) is 34.5 Å². The van der Waals surface area contributed by atoms with Crippen molar-refractivity contribution < 1.29 is 34.1 Å².